The molecule has 0 aromatic heterocycles. The van der Waals surface area contributed by atoms with Gasteiger partial charge in [-0.05, 0) is 43.4 Å². The van der Waals surface area contributed by atoms with Gasteiger partial charge >= 0.3 is 5.97 Å². The lowest BCUT2D eigenvalue weighted by Crippen LogP contribution is -2.39. The van der Waals surface area contributed by atoms with Gasteiger partial charge in [0.15, 0.2) is 0 Å². The monoisotopic (exact) mass is 344 g/mol. The molecule has 0 spiro atoms. The lowest BCUT2D eigenvalue weighted by atomic mass is 9.93. The molecule has 1 saturated carbocycles. The lowest BCUT2D eigenvalue weighted by molar-refractivity contribution is -0.152. The van der Waals surface area contributed by atoms with E-state index in [1.165, 1.54) is 12.7 Å². The van der Waals surface area contributed by atoms with E-state index in [4.69, 9.17) is 4.74 Å². The Morgan fingerprint density at radius 3 is 2.60 bits per heavy atom. The van der Waals surface area contributed by atoms with E-state index in [0.29, 0.717) is 0 Å². The zero-order chi connectivity index (χ0) is 18.0. The molecule has 0 N–H and O–H groups in total. The van der Waals surface area contributed by atoms with Gasteiger partial charge in [-0.15, -0.1) is 0 Å². The van der Waals surface area contributed by atoms with Crippen LogP contribution in [-0.4, -0.2) is 44.5 Å². The first kappa shape index (κ1) is 17.8. The minimum absolute atomic E-state index is 0.117. The van der Waals surface area contributed by atoms with Gasteiger partial charge in [0.1, 0.15) is 0 Å². The molecule has 1 amide bonds. The number of rotatable bonds is 4. The number of likely N-dealkylation sites (tertiary alicyclic amines) is 1. The van der Waals surface area contributed by atoms with E-state index in [0.717, 1.165) is 44.3 Å². The van der Waals surface area contributed by atoms with Gasteiger partial charge in [-0.3, -0.25) is 9.59 Å². The van der Waals surface area contributed by atoms with Crippen molar-refractivity contribution in [3.63, 3.8) is 0 Å². The molecule has 2 aliphatic rings. The summed E-state index contributed by atoms with van der Waals surface area (Å²) < 4.78 is 4.92. The van der Waals surface area contributed by atoms with Crippen LogP contribution in [0.2, 0.25) is 0 Å². The van der Waals surface area contributed by atoms with Gasteiger partial charge in [0, 0.05) is 26.3 Å². The van der Waals surface area contributed by atoms with E-state index in [2.05, 4.69) is 29.2 Å². The summed E-state index contributed by atoms with van der Waals surface area (Å²) in [6.45, 7) is 0.778. The number of methoxy groups -OCH3 is 1. The number of hydrogen-bond donors (Lipinski definition) is 0. The van der Waals surface area contributed by atoms with Crippen molar-refractivity contribution in [2.75, 3.05) is 32.6 Å². The molecule has 1 aliphatic heterocycles. The van der Waals surface area contributed by atoms with Gasteiger partial charge in [0.25, 0.3) is 0 Å². The second-order valence-corrected chi connectivity index (χ2v) is 7.35. The van der Waals surface area contributed by atoms with Crippen molar-refractivity contribution < 1.29 is 14.3 Å². The highest BCUT2D eigenvalue weighted by molar-refractivity contribution is 5.86. The van der Waals surface area contributed by atoms with E-state index in [9.17, 15) is 9.59 Å². The molecule has 3 rings (SSSR count). The standard InChI is InChI=1S/C20H28N2O3/c1-21(2)15-8-4-7-14(13-15)18-11-6-12-22(18)19(23)16-9-5-10-17(16)20(24)25-3/h4,7-8,13,16-18H,5-6,9-12H2,1-3H3/t16-,17+,18+/m0/s1. The van der Waals surface area contributed by atoms with Gasteiger partial charge in [0.2, 0.25) is 5.91 Å². The topological polar surface area (TPSA) is 49.9 Å². The summed E-state index contributed by atoms with van der Waals surface area (Å²) in [5.74, 6) is -0.594. The second kappa shape index (κ2) is 7.46. The van der Waals surface area contributed by atoms with Gasteiger partial charge in [-0.2, -0.15) is 0 Å². The summed E-state index contributed by atoms with van der Waals surface area (Å²) in [6.07, 6.45) is 4.47. The average molecular weight is 344 g/mol. The van der Waals surface area contributed by atoms with Crippen LogP contribution in [0.4, 0.5) is 5.69 Å². The quantitative estimate of drug-likeness (QED) is 0.788. The maximum Gasteiger partial charge on any atom is 0.309 e. The Hall–Kier alpha value is -2.04. The second-order valence-electron chi connectivity index (χ2n) is 7.35. The number of amides is 1. The normalized spacial score (nSPS) is 25.9. The van der Waals surface area contributed by atoms with Crippen molar-refractivity contribution in [2.45, 2.75) is 38.1 Å². The van der Waals surface area contributed by atoms with Crippen LogP contribution in [0.25, 0.3) is 0 Å². The predicted molar refractivity (Wildman–Crippen MR) is 97.3 cm³/mol. The number of esters is 1. The average Bonchev–Trinajstić information content (AvgIpc) is 3.29. The molecule has 1 aromatic rings. The molecule has 5 heteroatoms. The Morgan fingerprint density at radius 1 is 1.12 bits per heavy atom. The molecular formula is C20H28N2O3. The van der Waals surface area contributed by atoms with Crippen LogP contribution in [0.5, 0.6) is 0 Å². The highest BCUT2D eigenvalue weighted by atomic mass is 16.5. The largest absolute Gasteiger partial charge is 0.469 e. The Bertz CT molecular complexity index is 644. The smallest absolute Gasteiger partial charge is 0.309 e. The Kier molecular flexibility index (Phi) is 5.30. The third-order valence-corrected chi connectivity index (χ3v) is 5.64. The Labute approximate surface area is 149 Å². The summed E-state index contributed by atoms with van der Waals surface area (Å²) in [4.78, 5) is 29.3. The summed E-state index contributed by atoms with van der Waals surface area (Å²) in [6, 6.07) is 8.53. The van der Waals surface area contributed by atoms with Crippen LogP contribution in [0.15, 0.2) is 24.3 Å². The van der Waals surface area contributed by atoms with E-state index in [1.54, 1.807) is 0 Å². The fourth-order valence-electron chi connectivity index (χ4n) is 4.29. The van der Waals surface area contributed by atoms with Gasteiger partial charge < -0.3 is 14.5 Å². The summed E-state index contributed by atoms with van der Waals surface area (Å²) in [7, 11) is 5.46. The lowest BCUT2D eigenvalue weighted by Gasteiger charge is -2.30. The first-order valence-electron chi connectivity index (χ1n) is 9.18. The summed E-state index contributed by atoms with van der Waals surface area (Å²) in [5, 5.41) is 0. The molecular weight excluding hydrogens is 316 g/mol. The highest BCUT2D eigenvalue weighted by Gasteiger charge is 2.43. The number of benzene rings is 1. The number of carbonyl (C=O) groups excluding carboxylic acids is 2. The maximum atomic E-state index is 13.2. The van der Waals surface area contributed by atoms with Crippen LogP contribution >= 0.6 is 0 Å². The van der Waals surface area contributed by atoms with E-state index in [-0.39, 0.29) is 29.8 Å². The van der Waals surface area contributed by atoms with E-state index >= 15 is 0 Å². The molecule has 1 aliphatic carbocycles. The molecule has 1 aromatic carbocycles. The van der Waals surface area contributed by atoms with Crippen LogP contribution in [0.3, 0.4) is 0 Å². The maximum absolute atomic E-state index is 13.2. The molecule has 1 saturated heterocycles. The molecule has 5 nitrogen and oxygen atoms in total. The van der Waals surface area contributed by atoms with Crippen molar-refractivity contribution in [1.82, 2.24) is 4.90 Å². The fourth-order valence-corrected chi connectivity index (χ4v) is 4.29. The van der Waals surface area contributed by atoms with Gasteiger partial charge in [0.05, 0.1) is 25.0 Å². The summed E-state index contributed by atoms with van der Waals surface area (Å²) >= 11 is 0. The molecule has 136 valence electrons. The number of nitrogens with zero attached hydrogens (tertiary/aromatic N) is 2. The van der Waals surface area contributed by atoms with Crippen LogP contribution < -0.4 is 4.90 Å². The molecule has 25 heavy (non-hydrogen) atoms. The van der Waals surface area contributed by atoms with Gasteiger partial charge in [-0.1, -0.05) is 18.6 Å². The van der Waals surface area contributed by atoms with E-state index in [1.807, 2.05) is 19.0 Å². The first-order chi connectivity index (χ1) is 12.0. The van der Waals surface area contributed by atoms with Crippen LogP contribution in [0.1, 0.15) is 43.7 Å². The minimum Gasteiger partial charge on any atom is -0.469 e. The van der Waals surface area contributed by atoms with Crippen molar-refractivity contribution in [3.05, 3.63) is 29.8 Å². The molecule has 2 fully saturated rings. The molecule has 0 radical (unpaired) electrons. The number of anilines is 1. The van der Waals surface area contributed by atoms with Crippen LogP contribution in [-0.2, 0) is 14.3 Å². The highest BCUT2D eigenvalue weighted by Crippen LogP contribution is 2.39. The van der Waals surface area contributed by atoms with Crippen molar-refractivity contribution >= 4 is 17.6 Å². The third kappa shape index (κ3) is 3.51. The fraction of sp³-hybridized carbons (Fsp3) is 0.600. The molecule has 1 heterocycles. The van der Waals surface area contributed by atoms with Gasteiger partial charge in [-0.25, -0.2) is 0 Å². The third-order valence-electron chi connectivity index (χ3n) is 5.64. The molecule has 3 atom stereocenters. The van der Waals surface area contributed by atoms with Crippen molar-refractivity contribution in [1.29, 1.82) is 0 Å². The van der Waals surface area contributed by atoms with Crippen molar-refractivity contribution in [3.8, 4) is 0 Å². The SMILES string of the molecule is COC(=O)[C@@H]1CCC[C@@H]1C(=O)N1CCC[C@@H]1c1cccc(N(C)C)c1. The number of hydrogen-bond acceptors (Lipinski definition) is 4. The predicted octanol–water partition coefficient (Wildman–Crippen LogP) is 3.01. The number of ether oxygens (including phenoxy) is 1. The summed E-state index contributed by atoms with van der Waals surface area (Å²) in [5.41, 5.74) is 2.33. The van der Waals surface area contributed by atoms with E-state index < -0.39 is 0 Å². The Balaban J connectivity index is 1.80. The zero-order valence-corrected chi connectivity index (χ0v) is 15.4. The van der Waals surface area contributed by atoms with Crippen LogP contribution in [0, 0.1) is 11.8 Å². The van der Waals surface area contributed by atoms with Crippen molar-refractivity contribution in [2.24, 2.45) is 11.8 Å². The first-order valence-corrected chi connectivity index (χ1v) is 9.18. The molecule has 0 bridgehead atoms. The molecule has 0 unspecified atom stereocenters. The minimum atomic E-state index is -0.271. The number of carbonyl (C=O) groups is 2. The zero-order valence-electron chi connectivity index (χ0n) is 15.4. The Morgan fingerprint density at radius 2 is 1.88 bits per heavy atom.